The molecule has 4 rings (SSSR count). The second-order valence-electron chi connectivity index (χ2n) is 7.24. The Bertz CT molecular complexity index is 1110. The molecule has 158 valence electrons. The minimum absolute atomic E-state index is 0.0563. The quantitative estimate of drug-likeness (QED) is 0.479. The zero-order valence-electron chi connectivity index (χ0n) is 17.1. The summed E-state index contributed by atoms with van der Waals surface area (Å²) in [5.41, 5.74) is 4.12. The summed E-state index contributed by atoms with van der Waals surface area (Å²) in [5, 5.41) is 0.627. The van der Waals surface area contributed by atoms with Crippen molar-refractivity contribution in [2.24, 2.45) is 0 Å². The molecule has 0 radical (unpaired) electrons. The number of ether oxygens (including phenoxy) is 2. The van der Waals surface area contributed by atoms with E-state index >= 15 is 0 Å². The molecule has 0 saturated carbocycles. The third-order valence-electron chi connectivity index (χ3n) is 5.10. The van der Waals surface area contributed by atoms with Gasteiger partial charge in [-0.2, -0.15) is 0 Å². The van der Waals surface area contributed by atoms with Crippen molar-refractivity contribution < 1.29 is 19.1 Å². The van der Waals surface area contributed by atoms with E-state index in [0.29, 0.717) is 36.1 Å². The Balaban J connectivity index is 1.48. The number of anilines is 1. The van der Waals surface area contributed by atoms with Crippen LogP contribution < -0.4 is 9.64 Å². The van der Waals surface area contributed by atoms with Crippen molar-refractivity contribution in [1.29, 1.82) is 0 Å². The topological polar surface area (TPSA) is 55.8 Å². The molecular formula is C25H22ClNO4. The Morgan fingerprint density at radius 3 is 2.55 bits per heavy atom. The van der Waals surface area contributed by atoms with Crippen LogP contribution in [0.1, 0.15) is 34.0 Å². The maximum absolute atomic E-state index is 12.9. The average Bonchev–Trinajstić information content (AvgIpc) is 3.10. The van der Waals surface area contributed by atoms with E-state index < -0.39 is 0 Å². The van der Waals surface area contributed by atoms with E-state index in [9.17, 15) is 9.59 Å². The normalized spacial score (nSPS) is 12.6. The summed E-state index contributed by atoms with van der Waals surface area (Å²) >= 11 is 5.97. The standard InChI is InChI=1S/C25H22ClNO4/c1-2-30-24(28)14-17-5-3-6-18(13-17)16-31-23-8-4-7-21-22(23)15-27(25(21)29)20-11-9-19(26)10-12-20/h3-13H,2,14-16H2,1H3. The van der Waals surface area contributed by atoms with Crippen molar-refractivity contribution in [3.05, 3.63) is 94.0 Å². The zero-order chi connectivity index (χ0) is 21.8. The van der Waals surface area contributed by atoms with Gasteiger partial charge in [-0.15, -0.1) is 0 Å². The van der Waals surface area contributed by atoms with Crippen LogP contribution in [0.25, 0.3) is 0 Å². The van der Waals surface area contributed by atoms with Crippen LogP contribution in [0.2, 0.25) is 5.02 Å². The minimum atomic E-state index is -0.248. The molecule has 3 aromatic carbocycles. The molecule has 0 unspecified atom stereocenters. The van der Waals surface area contributed by atoms with Gasteiger partial charge in [-0.3, -0.25) is 9.59 Å². The summed E-state index contributed by atoms with van der Waals surface area (Å²) in [6, 6.07) is 20.4. The van der Waals surface area contributed by atoms with Crippen LogP contribution >= 0.6 is 11.6 Å². The van der Waals surface area contributed by atoms with Gasteiger partial charge in [0.15, 0.2) is 0 Å². The highest BCUT2D eigenvalue weighted by Crippen LogP contribution is 2.34. The number of carbonyl (C=O) groups excluding carboxylic acids is 2. The van der Waals surface area contributed by atoms with Crippen molar-refractivity contribution in [3.63, 3.8) is 0 Å². The summed E-state index contributed by atoms with van der Waals surface area (Å²) < 4.78 is 11.1. The molecule has 0 N–H and O–H groups in total. The first-order valence-electron chi connectivity index (χ1n) is 10.1. The second kappa shape index (κ2) is 9.23. The molecule has 0 aliphatic carbocycles. The minimum Gasteiger partial charge on any atom is -0.489 e. The Morgan fingerprint density at radius 2 is 1.77 bits per heavy atom. The van der Waals surface area contributed by atoms with E-state index in [1.165, 1.54) is 0 Å². The number of amides is 1. The third kappa shape index (κ3) is 4.72. The number of rotatable bonds is 7. The van der Waals surface area contributed by atoms with Gasteiger partial charge in [0.1, 0.15) is 12.4 Å². The molecule has 0 spiro atoms. The SMILES string of the molecule is CCOC(=O)Cc1cccc(COc2cccc3c2CN(c2ccc(Cl)cc2)C3=O)c1. The number of nitrogens with zero attached hydrogens (tertiary/aromatic N) is 1. The van der Waals surface area contributed by atoms with Crippen LogP contribution in [-0.4, -0.2) is 18.5 Å². The first-order chi connectivity index (χ1) is 15.0. The Morgan fingerprint density at radius 1 is 1.03 bits per heavy atom. The van der Waals surface area contributed by atoms with Crippen molar-refractivity contribution in [2.75, 3.05) is 11.5 Å². The van der Waals surface area contributed by atoms with E-state index in [1.807, 2.05) is 54.6 Å². The van der Waals surface area contributed by atoms with Crippen LogP contribution in [0.5, 0.6) is 5.75 Å². The molecule has 1 amide bonds. The molecule has 6 heteroatoms. The van der Waals surface area contributed by atoms with Crippen LogP contribution in [0.3, 0.4) is 0 Å². The third-order valence-corrected chi connectivity index (χ3v) is 5.35. The lowest BCUT2D eigenvalue weighted by molar-refractivity contribution is -0.142. The molecule has 1 aliphatic heterocycles. The van der Waals surface area contributed by atoms with Crippen molar-refractivity contribution in [2.45, 2.75) is 26.5 Å². The number of halogens is 1. The summed E-state index contributed by atoms with van der Waals surface area (Å²) in [5.74, 6) is 0.375. The van der Waals surface area contributed by atoms with Gasteiger partial charge in [0.05, 0.1) is 19.6 Å². The number of fused-ring (bicyclic) bond motifs is 1. The van der Waals surface area contributed by atoms with Crippen molar-refractivity contribution in [3.8, 4) is 5.75 Å². The lowest BCUT2D eigenvalue weighted by atomic mass is 10.1. The lowest BCUT2D eigenvalue weighted by Crippen LogP contribution is -2.22. The highest BCUT2D eigenvalue weighted by Gasteiger charge is 2.31. The van der Waals surface area contributed by atoms with Gasteiger partial charge in [0, 0.05) is 21.8 Å². The summed E-state index contributed by atoms with van der Waals surface area (Å²) in [6.07, 6.45) is 0.229. The lowest BCUT2D eigenvalue weighted by Gasteiger charge is -2.16. The van der Waals surface area contributed by atoms with Crippen LogP contribution in [0.4, 0.5) is 5.69 Å². The van der Waals surface area contributed by atoms with Gasteiger partial charge < -0.3 is 14.4 Å². The van der Waals surface area contributed by atoms with E-state index in [-0.39, 0.29) is 18.3 Å². The fourth-order valence-corrected chi connectivity index (χ4v) is 3.76. The van der Waals surface area contributed by atoms with Crippen LogP contribution in [0.15, 0.2) is 66.7 Å². The molecule has 31 heavy (non-hydrogen) atoms. The van der Waals surface area contributed by atoms with Gasteiger partial charge >= 0.3 is 5.97 Å². The van der Waals surface area contributed by atoms with E-state index in [4.69, 9.17) is 21.1 Å². The molecule has 1 heterocycles. The number of benzene rings is 3. The van der Waals surface area contributed by atoms with E-state index in [2.05, 4.69) is 0 Å². The highest BCUT2D eigenvalue weighted by atomic mass is 35.5. The van der Waals surface area contributed by atoms with E-state index in [1.54, 1.807) is 24.0 Å². The summed E-state index contributed by atoms with van der Waals surface area (Å²) in [6.45, 7) is 2.93. The average molecular weight is 436 g/mol. The Labute approximate surface area is 186 Å². The molecule has 0 aromatic heterocycles. The van der Waals surface area contributed by atoms with Gasteiger partial charge in [0.2, 0.25) is 0 Å². The largest absolute Gasteiger partial charge is 0.489 e. The molecule has 0 fully saturated rings. The second-order valence-corrected chi connectivity index (χ2v) is 7.68. The molecule has 5 nitrogen and oxygen atoms in total. The molecule has 0 bridgehead atoms. The van der Waals surface area contributed by atoms with Gasteiger partial charge in [-0.1, -0.05) is 41.9 Å². The van der Waals surface area contributed by atoms with E-state index in [0.717, 1.165) is 22.4 Å². The highest BCUT2D eigenvalue weighted by molar-refractivity contribution is 6.30. The predicted octanol–water partition coefficient (Wildman–Crippen LogP) is 5.19. The predicted molar refractivity (Wildman–Crippen MR) is 120 cm³/mol. The molecule has 0 atom stereocenters. The number of hydrogen-bond donors (Lipinski definition) is 0. The summed E-state index contributed by atoms with van der Waals surface area (Å²) in [4.78, 5) is 26.3. The van der Waals surface area contributed by atoms with Crippen LogP contribution in [0, 0.1) is 0 Å². The maximum Gasteiger partial charge on any atom is 0.310 e. The number of esters is 1. The summed E-state index contributed by atoms with van der Waals surface area (Å²) in [7, 11) is 0. The van der Waals surface area contributed by atoms with Crippen LogP contribution in [-0.2, 0) is 29.1 Å². The van der Waals surface area contributed by atoms with Crippen molar-refractivity contribution in [1.82, 2.24) is 0 Å². The fourth-order valence-electron chi connectivity index (χ4n) is 3.64. The number of hydrogen-bond acceptors (Lipinski definition) is 4. The molecule has 1 aliphatic rings. The smallest absolute Gasteiger partial charge is 0.310 e. The van der Waals surface area contributed by atoms with Gasteiger partial charge in [0.25, 0.3) is 5.91 Å². The molecular weight excluding hydrogens is 414 g/mol. The number of carbonyl (C=O) groups is 2. The monoisotopic (exact) mass is 435 g/mol. The van der Waals surface area contributed by atoms with Crippen molar-refractivity contribution >= 4 is 29.2 Å². The molecule has 0 saturated heterocycles. The molecule has 3 aromatic rings. The first-order valence-corrected chi connectivity index (χ1v) is 10.5. The Hall–Kier alpha value is -3.31. The van der Waals surface area contributed by atoms with Gasteiger partial charge in [-0.05, 0) is 54.4 Å². The zero-order valence-corrected chi connectivity index (χ0v) is 17.9. The van der Waals surface area contributed by atoms with Gasteiger partial charge in [-0.25, -0.2) is 0 Å². The fraction of sp³-hybridized carbons (Fsp3) is 0.200. The first kappa shape index (κ1) is 20.9. The Kier molecular flexibility index (Phi) is 6.23. The maximum atomic E-state index is 12.9.